The molecule has 1 aromatic rings. The smallest absolute Gasteiger partial charge is 0.0375 e. The molecule has 0 aliphatic heterocycles. The molecule has 0 aliphatic carbocycles. The van der Waals surface area contributed by atoms with Crippen molar-refractivity contribution < 1.29 is 0 Å². The molecule has 2 nitrogen and oxygen atoms in total. The molecule has 0 atom stereocenters. The van der Waals surface area contributed by atoms with Gasteiger partial charge in [0.05, 0.1) is 0 Å². The Morgan fingerprint density at radius 2 is 2.00 bits per heavy atom. The molecule has 0 spiro atoms. The summed E-state index contributed by atoms with van der Waals surface area (Å²) in [5.74, 6) is 0. The van der Waals surface area contributed by atoms with E-state index in [2.05, 4.69) is 65.2 Å². The number of halogens is 1. The van der Waals surface area contributed by atoms with Crippen LogP contribution in [0.2, 0.25) is 0 Å². The van der Waals surface area contributed by atoms with Crippen molar-refractivity contribution in [2.24, 2.45) is 0 Å². The number of anilines is 1. The molecule has 0 amide bonds. The number of rotatable bonds is 7. The van der Waals surface area contributed by atoms with Gasteiger partial charge in [-0.25, -0.2) is 0 Å². The zero-order valence-electron chi connectivity index (χ0n) is 11.1. The molecule has 0 bridgehead atoms. The highest BCUT2D eigenvalue weighted by atomic mass is 79.9. The lowest BCUT2D eigenvalue weighted by Crippen LogP contribution is -2.18. The average molecular weight is 299 g/mol. The standard InChI is InChI=1S/C14H23BrN2/c1-4-8-16-11-12-6-7-13(10-14(12)15)17(3)9-5-2/h6-7,10,16H,4-5,8-9,11H2,1-3H3. The van der Waals surface area contributed by atoms with E-state index in [0.717, 1.165) is 19.6 Å². The van der Waals surface area contributed by atoms with Crippen molar-refractivity contribution in [3.63, 3.8) is 0 Å². The third-order valence-corrected chi connectivity index (χ3v) is 3.52. The second-order valence-electron chi connectivity index (χ2n) is 4.37. The van der Waals surface area contributed by atoms with Crippen molar-refractivity contribution in [2.75, 3.05) is 25.0 Å². The lowest BCUT2D eigenvalue weighted by molar-refractivity contribution is 0.674. The Morgan fingerprint density at radius 3 is 2.59 bits per heavy atom. The van der Waals surface area contributed by atoms with Crippen LogP contribution in [-0.2, 0) is 6.54 Å². The van der Waals surface area contributed by atoms with E-state index < -0.39 is 0 Å². The van der Waals surface area contributed by atoms with E-state index in [-0.39, 0.29) is 0 Å². The van der Waals surface area contributed by atoms with Crippen molar-refractivity contribution in [3.05, 3.63) is 28.2 Å². The van der Waals surface area contributed by atoms with Crippen molar-refractivity contribution in [3.8, 4) is 0 Å². The van der Waals surface area contributed by atoms with E-state index in [1.807, 2.05) is 0 Å². The van der Waals surface area contributed by atoms with Gasteiger partial charge in [-0.2, -0.15) is 0 Å². The summed E-state index contributed by atoms with van der Waals surface area (Å²) < 4.78 is 1.20. The van der Waals surface area contributed by atoms with Gasteiger partial charge in [-0.15, -0.1) is 0 Å². The van der Waals surface area contributed by atoms with Crippen LogP contribution in [0.3, 0.4) is 0 Å². The third-order valence-electron chi connectivity index (χ3n) is 2.78. The Kier molecular flexibility index (Phi) is 6.60. The van der Waals surface area contributed by atoms with Crippen LogP contribution >= 0.6 is 15.9 Å². The first-order chi connectivity index (χ1) is 8.19. The minimum absolute atomic E-state index is 0.937. The minimum Gasteiger partial charge on any atom is -0.375 e. The van der Waals surface area contributed by atoms with Crippen LogP contribution in [0.5, 0.6) is 0 Å². The summed E-state index contributed by atoms with van der Waals surface area (Å²) in [7, 11) is 2.14. The summed E-state index contributed by atoms with van der Waals surface area (Å²) in [6.45, 7) is 7.50. The summed E-state index contributed by atoms with van der Waals surface area (Å²) in [6.07, 6.45) is 2.35. The zero-order valence-corrected chi connectivity index (χ0v) is 12.7. The summed E-state index contributed by atoms with van der Waals surface area (Å²) in [5, 5.41) is 3.42. The first kappa shape index (κ1) is 14.5. The van der Waals surface area contributed by atoms with E-state index >= 15 is 0 Å². The number of nitrogens with one attached hydrogen (secondary N) is 1. The van der Waals surface area contributed by atoms with Crippen molar-refractivity contribution >= 4 is 21.6 Å². The maximum Gasteiger partial charge on any atom is 0.0375 e. The third kappa shape index (κ3) is 4.68. The molecule has 96 valence electrons. The van der Waals surface area contributed by atoms with Gasteiger partial charge in [0, 0.05) is 30.3 Å². The molecule has 0 radical (unpaired) electrons. The first-order valence-corrected chi connectivity index (χ1v) is 7.18. The maximum absolute atomic E-state index is 3.65. The number of nitrogens with zero attached hydrogens (tertiary/aromatic N) is 1. The van der Waals surface area contributed by atoms with Gasteiger partial charge in [0.15, 0.2) is 0 Å². The predicted molar refractivity (Wildman–Crippen MR) is 79.7 cm³/mol. The summed E-state index contributed by atoms with van der Waals surface area (Å²) in [4.78, 5) is 2.29. The van der Waals surface area contributed by atoms with Gasteiger partial charge in [0.2, 0.25) is 0 Å². The maximum atomic E-state index is 3.65. The number of hydrogen-bond donors (Lipinski definition) is 1. The van der Waals surface area contributed by atoms with Gasteiger partial charge in [0.25, 0.3) is 0 Å². The second-order valence-corrected chi connectivity index (χ2v) is 5.23. The minimum atomic E-state index is 0.937. The molecular formula is C14H23BrN2. The SMILES string of the molecule is CCCNCc1ccc(N(C)CCC)cc1Br. The van der Waals surface area contributed by atoms with E-state index in [0.29, 0.717) is 0 Å². The van der Waals surface area contributed by atoms with Gasteiger partial charge in [-0.3, -0.25) is 0 Å². The van der Waals surface area contributed by atoms with Gasteiger partial charge in [-0.05, 0) is 37.1 Å². The zero-order chi connectivity index (χ0) is 12.7. The molecule has 0 aliphatic rings. The predicted octanol–water partition coefficient (Wildman–Crippen LogP) is 3.79. The second kappa shape index (κ2) is 7.72. The highest BCUT2D eigenvalue weighted by Gasteiger charge is 2.04. The molecule has 17 heavy (non-hydrogen) atoms. The van der Waals surface area contributed by atoms with E-state index in [9.17, 15) is 0 Å². The van der Waals surface area contributed by atoms with Crippen LogP contribution in [0.1, 0.15) is 32.3 Å². The fourth-order valence-corrected chi connectivity index (χ4v) is 2.29. The molecule has 0 saturated carbocycles. The fourth-order valence-electron chi connectivity index (χ4n) is 1.78. The highest BCUT2D eigenvalue weighted by Crippen LogP contribution is 2.23. The molecule has 1 N–H and O–H groups in total. The lowest BCUT2D eigenvalue weighted by atomic mass is 10.2. The average Bonchev–Trinajstić information content (AvgIpc) is 2.31. The molecule has 3 heteroatoms. The van der Waals surface area contributed by atoms with Crippen LogP contribution in [0.15, 0.2) is 22.7 Å². The van der Waals surface area contributed by atoms with Crippen LogP contribution < -0.4 is 10.2 Å². The van der Waals surface area contributed by atoms with Crippen molar-refractivity contribution in [2.45, 2.75) is 33.2 Å². The molecule has 0 heterocycles. The van der Waals surface area contributed by atoms with Gasteiger partial charge in [-0.1, -0.05) is 35.8 Å². The Bertz CT molecular complexity index is 339. The van der Waals surface area contributed by atoms with Crippen molar-refractivity contribution in [1.82, 2.24) is 5.32 Å². The normalized spacial score (nSPS) is 10.6. The summed E-state index contributed by atoms with van der Waals surface area (Å²) in [6, 6.07) is 6.61. The van der Waals surface area contributed by atoms with Crippen molar-refractivity contribution in [1.29, 1.82) is 0 Å². The Morgan fingerprint density at radius 1 is 1.24 bits per heavy atom. The van der Waals surface area contributed by atoms with Crippen LogP contribution in [0.25, 0.3) is 0 Å². The van der Waals surface area contributed by atoms with Crippen LogP contribution in [0, 0.1) is 0 Å². The van der Waals surface area contributed by atoms with Crippen LogP contribution in [0.4, 0.5) is 5.69 Å². The molecular weight excluding hydrogens is 276 g/mol. The fraction of sp³-hybridized carbons (Fsp3) is 0.571. The van der Waals surface area contributed by atoms with Gasteiger partial charge < -0.3 is 10.2 Å². The molecule has 0 fully saturated rings. The highest BCUT2D eigenvalue weighted by molar-refractivity contribution is 9.10. The molecule has 0 saturated heterocycles. The molecule has 1 aromatic carbocycles. The summed E-state index contributed by atoms with van der Waals surface area (Å²) in [5.41, 5.74) is 2.60. The van der Waals surface area contributed by atoms with Gasteiger partial charge >= 0.3 is 0 Å². The Hall–Kier alpha value is -0.540. The molecule has 0 aromatic heterocycles. The quantitative estimate of drug-likeness (QED) is 0.771. The number of hydrogen-bond acceptors (Lipinski definition) is 2. The molecule has 1 rings (SSSR count). The Labute approximate surface area is 114 Å². The van der Waals surface area contributed by atoms with Gasteiger partial charge in [0.1, 0.15) is 0 Å². The number of benzene rings is 1. The van der Waals surface area contributed by atoms with E-state index in [4.69, 9.17) is 0 Å². The van der Waals surface area contributed by atoms with E-state index in [1.165, 1.54) is 28.6 Å². The summed E-state index contributed by atoms with van der Waals surface area (Å²) >= 11 is 3.65. The topological polar surface area (TPSA) is 15.3 Å². The van der Waals surface area contributed by atoms with Crippen LogP contribution in [-0.4, -0.2) is 20.1 Å². The lowest BCUT2D eigenvalue weighted by Gasteiger charge is -2.19. The first-order valence-electron chi connectivity index (χ1n) is 6.39. The Balaban J connectivity index is 2.65. The van der Waals surface area contributed by atoms with E-state index in [1.54, 1.807) is 0 Å². The molecule has 0 unspecified atom stereocenters. The largest absolute Gasteiger partial charge is 0.375 e. The monoisotopic (exact) mass is 298 g/mol.